The first kappa shape index (κ1) is 19.0. The summed E-state index contributed by atoms with van der Waals surface area (Å²) in [6.45, 7) is 10.2. The maximum absolute atomic E-state index is 6.18. The van der Waals surface area contributed by atoms with Crippen LogP contribution in [0.5, 0.6) is 0 Å². The second kappa shape index (κ2) is 10.6. The van der Waals surface area contributed by atoms with Crippen molar-refractivity contribution in [2.24, 2.45) is 5.41 Å². The molecule has 1 rings (SSSR count). The molecule has 2 atom stereocenters. The number of nitrogens with zero attached hydrogens (tertiary/aromatic N) is 1. The molecule has 0 aromatic rings. The van der Waals surface area contributed by atoms with Crippen molar-refractivity contribution < 1.29 is 4.74 Å². The molecule has 0 N–H and O–H groups in total. The van der Waals surface area contributed by atoms with Crippen LogP contribution in [0.15, 0.2) is 0 Å². The van der Waals surface area contributed by atoms with E-state index in [2.05, 4.69) is 32.7 Å². The van der Waals surface area contributed by atoms with Crippen LogP contribution in [0.2, 0.25) is 0 Å². The molecule has 0 saturated carbocycles. The Bertz CT molecular complexity index is 256. The van der Waals surface area contributed by atoms with Crippen LogP contribution < -0.4 is 0 Å². The van der Waals surface area contributed by atoms with Crippen molar-refractivity contribution >= 4 is 0 Å². The van der Waals surface area contributed by atoms with Crippen molar-refractivity contribution in [2.75, 3.05) is 26.7 Å². The molecule has 0 aromatic heterocycles. The van der Waals surface area contributed by atoms with Crippen molar-refractivity contribution in [2.45, 2.75) is 91.1 Å². The van der Waals surface area contributed by atoms with Crippen LogP contribution >= 0.6 is 0 Å². The summed E-state index contributed by atoms with van der Waals surface area (Å²) in [6, 6.07) is 0. The van der Waals surface area contributed by atoms with E-state index in [1.165, 1.54) is 64.2 Å². The third-order valence-electron chi connectivity index (χ3n) is 5.25. The number of likely N-dealkylation sites (N-methyl/N-ethyl adjacent to an activating group) is 1. The second-order valence-corrected chi connectivity index (χ2v) is 7.40. The van der Waals surface area contributed by atoms with E-state index in [-0.39, 0.29) is 0 Å². The third kappa shape index (κ3) is 7.15. The molecule has 1 aliphatic rings. The lowest BCUT2D eigenvalue weighted by atomic mass is 9.74. The number of rotatable bonds is 11. The normalized spacial score (nSPS) is 23.1. The molecule has 0 spiro atoms. The summed E-state index contributed by atoms with van der Waals surface area (Å²) >= 11 is 0. The predicted octanol–water partition coefficient (Wildman–Crippen LogP) is 5.26. The maximum atomic E-state index is 6.18. The largest absolute Gasteiger partial charge is 0.375 e. The molecular weight excluding hydrogens is 258 g/mol. The van der Waals surface area contributed by atoms with E-state index >= 15 is 0 Å². The van der Waals surface area contributed by atoms with Crippen molar-refractivity contribution in [1.29, 1.82) is 0 Å². The van der Waals surface area contributed by atoms with Gasteiger partial charge >= 0.3 is 0 Å². The molecule has 126 valence electrons. The van der Waals surface area contributed by atoms with Gasteiger partial charge in [-0.3, -0.25) is 0 Å². The van der Waals surface area contributed by atoms with Gasteiger partial charge < -0.3 is 9.64 Å². The molecule has 1 aliphatic heterocycles. The number of morpholine rings is 1. The highest BCUT2D eigenvalue weighted by molar-refractivity contribution is 4.87. The van der Waals surface area contributed by atoms with E-state index < -0.39 is 0 Å². The molecule has 2 heteroatoms. The fourth-order valence-corrected chi connectivity index (χ4v) is 3.56. The van der Waals surface area contributed by atoms with Crippen LogP contribution in [0.25, 0.3) is 0 Å². The molecule has 0 amide bonds. The van der Waals surface area contributed by atoms with Gasteiger partial charge in [0.1, 0.15) is 0 Å². The van der Waals surface area contributed by atoms with Gasteiger partial charge in [-0.1, -0.05) is 72.1 Å². The Labute approximate surface area is 133 Å². The summed E-state index contributed by atoms with van der Waals surface area (Å²) in [5.41, 5.74) is 0.385. The van der Waals surface area contributed by atoms with Crippen LogP contribution in [-0.4, -0.2) is 37.7 Å². The Kier molecular flexibility index (Phi) is 9.59. The Morgan fingerprint density at radius 3 is 2.14 bits per heavy atom. The lowest BCUT2D eigenvalue weighted by Crippen LogP contribution is -2.48. The van der Waals surface area contributed by atoms with Gasteiger partial charge in [0.25, 0.3) is 0 Å². The lowest BCUT2D eigenvalue weighted by Gasteiger charge is -2.43. The standard InChI is InChI=1S/C19H39NO/c1-5-7-9-10-12-14-19(3,13-11-8-6-2)18-17-20(4)15-16-21-18/h18H,5-17H2,1-4H3. The Balaban J connectivity index is 2.47. The van der Waals surface area contributed by atoms with E-state index in [9.17, 15) is 0 Å². The number of ether oxygens (including phenoxy) is 1. The van der Waals surface area contributed by atoms with Crippen LogP contribution in [0.1, 0.15) is 85.0 Å². The molecule has 2 nitrogen and oxygen atoms in total. The van der Waals surface area contributed by atoms with E-state index in [0.717, 1.165) is 19.7 Å². The first-order chi connectivity index (χ1) is 10.1. The zero-order chi connectivity index (χ0) is 15.6. The van der Waals surface area contributed by atoms with Crippen LogP contribution in [0, 0.1) is 5.41 Å². The van der Waals surface area contributed by atoms with E-state index in [1.54, 1.807) is 0 Å². The topological polar surface area (TPSA) is 12.5 Å². The highest BCUT2D eigenvalue weighted by Crippen LogP contribution is 2.37. The highest BCUT2D eigenvalue weighted by Gasteiger charge is 2.36. The molecular formula is C19H39NO. The molecule has 1 saturated heterocycles. The quantitative estimate of drug-likeness (QED) is 0.482. The van der Waals surface area contributed by atoms with Gasteiger partial charge in [-0.25, -0.2) is 0 Å². The van der Waals surface area contributed by atoms with E-state index in [0.29, 0.717) is 11.5 Å². The number of hydrogen-bond donors (Lipinski definition) is 0. The molecule has 21 heavy (non-hydrogen) atoms. The average molecular weight is 298 g/mol. The molecule has 0 aliphatic carbocycles. The molecule has 2 unspecified atom stereocenters. The molecule has 1 heterocycles. The second-order valence-electron chi connectivity index (χ2n) is 7.40. The monoisotopic (exact) mass is 297 g/mol. The van der Waals surface area contributed by atoms with Crippen LogP contribution in [-0.2, 0) is 4.74 Å². The minimum absolute atomic E-state index is 0.385. The van der Waals surface area contributed by atoms with E-state index in [1.807, 2.05) is 0 Å². The first-order valence-corrected chi connectivity index (χ1v) is 9.42. The van der Waals surface area contributed by atoms with Gasteiger partial charge in [0.15, 0.2) is 0 Å². The van der Waals surface area contributed by atoms with Gasteiger partial charge in [-0.15, -0.1) is 0 Å². The van der Waals surface area contributed by atoms with Gasteiger partial charge in [-0.2, -0.15) is 0 Å². The third-order valence-corrected chi connectivity index (χ3v) is 5.25. The van der Waals surface area contributed by atoms with Crippen molar-refractivity contribution in [3.63, 3.8) is 0 Å². The molecule has 0 bridgehead atoms. The van der Waals surface area contributed by atoms with Gasteiger partial charge in [0, 0.05) is 13.1 Å². The Hall–Kier alpha value is -0.0800. The summed E-state index contributed by atoms with van der Waals surface area (Å²) in [5.74, 6) is 0. The van der Waals surface area contributed by atoms with Gasteiger partial charge in [0.2, 0.25) is 0 Å². The van der Waals surface area contributed by atoms with Crippen molar-refractivity contribution in [1.82, 2.24) is 4.90 Å². The number of hydrogen-bond acceptors (Lipinski definition) is 2. The summed E-state index contributed by atoms with van der Waals surface area (Å²) in [6.07, 6.45) is 14.1. The smallest absolute Gasteiger partial charge is 0.0755 e. The minimum atomic E-state index is 0.385. The minimum Gasteiger partial charge on any atom is -0.375 e. The van der Waals surface area contributed by atoms with Crippen molar-refractivity contribution in [3.8, 4) is 0 Å². The predicted molar refractivity (Wildman–Crippen MR) is 92.9 cm³/mol. The van der Waals surface area contributed by atoms with E-state index in [4.69, 9.17) is 4.74 Å². The SMILES string of the molecule is CCCCCCCC(C)(CCCCC)C1CN(C)CCO1. The zero-order valence-corrected chi connectivity index (χ0v) is 15.1. The molecule has 0 radical (unpaired) electrons. The highest BCUT2D eigenvalue weighted by atomic mass is 16.5. The Morgan fingerprint density at radius 1 is 0.952 bits per heavy atom. The first-order valence-electron chi connectivity index (χ1n) is 9.42. The maximum Gasteiger partial charge on any atom is 0.0755 e. The van der Waals surface area contributed by atoms with Crippen LogP contribution in [0.3, 0.4) is 0 Å². The Morgan fingerprint density at radius 2 is 1.52 bits per heavy atom. The fourth-order valence-electron chi connectivity index (χ4n) is 3.56. The summed E-state index contributed by atoms with van der Waals surface area (Å²) < 4.78 is 6.18. The molecule has 1 fully saturated rings. The molecule has 0 aromatic carbocycles. The van der Waals surface area contributed by atoms with Gasteiger partial charge in [0.05, 0.1) is 12.7 Å². The van der Waals surface area contributed by atoms with Crippen molar-refractivity contribution in [3.05, 3.63) is 0 Å². The van der Waals surface area contributed by atoms with Gasteiger partial charge in [-0.05, 0) is 25.3 Å². The summed E-state index contributed by atoms with van der Waals surface area (Å²) in [4.78, 5) is 2.45. The summed E-state index contributed by atoms with van der Waals surface area (Å²) in [5, 5.41) is 0. The number of unbranched alkanes of at least 4 members (excludes halogenated alkanes) is 6. The average Bonchev–Trinajstić information content (AvgIpc) is 2.47. The summed E-state index contributed by atoms with van der Waals surface area (Å²) in [7, 11) is 2.24. The fraction of sp³-hybridized carbons (Fsp3) is 1.00. The van der Waals surface area contributed by atoms with Crippen LogP contribution in [0.4, 0.5) is 0 Å². The zero-order valence-electron chi connectivity index (χ0n) is 15.1. The lowest BCUT2D eigenvalue weighted by molar-refractivity contribution is -0.0920.